The summed E-state index contributed by atoms with van der Waals surface area (Å²) in [6.45, 7) is 2.23. The fourth-order valence-corrected chi connectivity index (χ4v) is 4.82. The fraction of sp³-hybridized carbons (Fsp3) is 0.200. The van der Waals surface area contributed by atoms with Crippen LogP contribution in [0.5, 0.6) is 5.75 Å². The summed E-state index contributed by atoms with van der Waals surface area (Å²) in [5.74, 6) is -7.70. The van der Waals surface area contributed by atoms with Crippen molar-refractivity contribution >= 4 is 73.3 Å². The van der Waals surface area contributed by atoms with Gasteiger partial charge in [0.2, 0.25) is 0 Å². The van der Waals surface area contributed by atoms with Crippen LogP contribution < -0.4 is 4.74 Å². The van der Waals surface area contributed by atoms with Crippen LogP contribution in [0.4, 0.5) is 17.6 Å². The van der Waals surface area contributed by atoms with E-state index in [1.165, 1.54) is 24.3 Å². The topological polar surface area (TPSA) is 110 Å². The second kappa shape index (κ2) is 10.9. The van der Waals surface area contributed by atoms with E-state index in [4.69, 9.17) is 4.74 Å². The highest BCUT2D eigenvalue weighted by atomic mass is 127. The summed E-state index contributed by atoms with van der Waals surface area (Å²) in [5, 5.41) is -5.90. The molecular weight excluding hydrogens is 714 g/mol. The Balaban J connectivity index is 2.22. The van der Waals surface area contributed by atoms with Crippen LogP contribution in [-0.2, 0) is 14.9 Å². The number of halogens is 6. The van der Waals surface area contributed by atoms with Crippen LogP contribution in [-0.4, -0.2) is 42.7 Å². The van der Waals surface area contributed by atoms with Crippen LogP contribution in [0, 0.1) is 7.14 Å². The second-order valence-corrected chi connectivity index (χ2v) is 10.4. The molecule has 0 aromatic heterocycles. The highest BCUT2D eigenvalue weighted by molar-refractivity contribution is 14.1. The summed E-state index contributed by atoms with van der Waals surface area (Å²) >= 11 is 3.58. The molecule has 0 unspecified atom stereocenters. The lowest BCUT2D eigenvalue weighted by molar-refractivity contribution is -0.168. The molecule has 0 aliphatic rings. The minimum atomic E-state index is -6.66. The number of rotatable bonds is 9. The van der Waals surface area contributed by atoms with Gasteiger partial charge in [0.25, 0.3) is 0 Å². The average Bonchev–Trinajstić information content (AvgIpc) is 2.74. The van der Waals surface area contributed by atoms with Crippen LogP contribution in [0.15, 0.2) is 43.0 Å². The molecule has 0 aliphatic carbocycles. The van der Waals surface area contributed by atoms with E-state index in [-0.39, 0.29) is 20.4 Å². The molecule has 7 nitrogen and oxygen atoms in total. The first kappa shape index (κ1) is 28.4. The Morgan fingerprint density at radius 3 is 2.18 bits per heavy atom. The first-order chi connectivity index (χ1) is 15.6. The Bertz CT molecular complexity index is 1220. The molecule has 0 saturated heterocycles. The van der Waals surface area contributed by atoms with Crippen molar-refractivity contribution in [3.05, 3.63) is 66.8 Å². The van der Waals surface area contributed by atoms with Gasteiger partial charge in [-0.1, -0.05) is 24.8 Å². The Morgan fingerprint density at radius 2 is 1.65 bits per heavy atom. The molecule has 0 atom stereocenters. The third-order valence-electron chi connectivity index (χ3n) is 4.19. The molecule has 0 spiro atoms. The van der Waals surface area contributed by atoms with E-state index < -0.39 is 46.3 Å². The van der Waals surface area contributed by atoms with Crippen LogP contribution >= 0.6 is 45.2 Å². The second-order valence-electron chi connectivity index (χ2n) is 6.54. The number of carbonyl (C=O) groups is 2. The van der Waals surface area contributed by atoms with Crippen molar-refractivity contribution < 1.29 is 49.6 Å². The van der Waals surface area contributed by atoms with Crippen molar-refractivity contribution in [2.24, 2.45) is 0 Å². The molecule has 14 heteroatoms. The lowest BCUT2D eigenvalue weighted by Gasteiger charge is -2.28. The maximum atomic E-state index is 13.6. The third kappa shape index (κ3) is 6.45. The largest absolute Gasteiger partial charge is 0.743 e. The van der Waals surface area contributed by atoms with Gasteiger partial charge in [0, 0.05) is 3.57 Å². The Labute approximate surface area is 218 Å². The van der Waals surface area contributed by atoms with Gasteiger partial charge >= 0.3 is 23.1 Å². The number of hydrogen-bond acceptors (Lipinski definition) is 7. The monoisotopic (exact) mass is 727 g/mol. The lowest BCUT2D eigenvalue weighted by atomic mass is 10.1. The zero-order valence-corrected chi connectivity index (χ0v) is 21.8. The van der Waals surface area contributed by atoms with E-state index >= 15 is 0 Å². The maximum absolute atomic E-state index is 13.6. The summed E-state index contributed by atoms with van der Waals surface area (Å²) in [6.07, 6.45) is -0.393. The predicted octanol–water partition coefficient (Wildman–Crippen LogP) is 5.08. The molecule has 0 N–H and O–H groups in total. The fourth-order valence-electron chi connectivity index (χ4n) is 2.40. The van der Waals surface area contributed by atoms with Crippen LogP contribution in [0.2, 0.25) is 0 Å². The molecule has 0 bridgehead atoms. The van der Waals surface area contributed by atoms with E-state index in [1.807, 2.05) is 22.6 Å². The number of alkyl halides is 4. The molecule has 2 aromatic rings. The van der Waals surface area contributed by atoms with E-state index in [9.17, 15) is 40.1 Å². The van der Waals surface area contributed by atoms with Gasteiger partial charge in [-0.3, -0.25) is 0 Å². The normalized spacial score (nSPS) is 12.2. The molecule has 0 radical (unpaired) electrons. The summed E-state index contributed by atoms with van der Waals surface area (Å²) in [7, 11) is -6.66. The highest BCUT2D eigenvalue weighted by Crippen LogP contribution is 2.40. The van der Waals surface area contributed by atoms with Crippen LogP contribution in [0.25, 0.3) is 6.08 Å². The minimum absolute atomic E-state index is 0.125. The Hall–Kier alpha value is -1.79. The molecule has 2 rings (SSSR count). The third-order valence-corrected chi connectivity index (χ3v) is 6.54. The van der Waals surface area contributed by atoms with Crippen molar-refractivity contribution in [3.8, 4) is 5.75 Å². The van der Waals surface area contributed by atoms with Gasteiger partial charge in [0.05, 0.1) is 22.2 Å². The van der Waals surface area contributed by atoms with Gasteiger partial charge in [0.1, 0.15) is 5.56 Å². The number of ether oxygens (including phenoxy) is 2. The van der Waals surface area contributed by atoms with Crippen molar-refractivity contribution in [2.45, 2.75) is 17.6 Å². The minimum Gasteiger partial charge on any atom is -0.743 e. The summed E-state index contributed by atoms with van der Waals surface area (Å²) in [4.78, 5) is 25.0. The smallest absolute Gasteiger partial charge is 0.396 e. The number of benzene rings is 2. The molecule has 2 aromatic carbocycles. The molecular formula is C20H13F4I2O7S-. The van der Waals surface area contributed by atoms with Crippen molar-refractivity contribution in [2.75, 3.05) is 6.61 Å². The number of hydrogen-bond donors (Lipinski definition) is 0. The van der Waals surface area contributed by atoms with Gasteiger partial charge in [-0.2, -0.15) is 17.6 Å². The van der Waals surface area contributed by atoms with Gasteiger partial charge in [0.15, 0.2) is 15.9 Å². The maximum Gasteiger partial charge on any atom is 0.396 e. The quantitative estimate of drug-likeness (QED) is 0.117. The molecule has 0 aliphatic heterocycles. The SMILES string of the molecule is C=Cc1ccc(C(=O)Oc2c(I)cc(I)cc2C(=O)OCCC(F)(F)C(F)(F)S(=O)(=O)[O-])cc1. The molecule has 0 saturated carbocycles. The molecule has 0 heterocycles. The summed E-state index contributed by atoms with van der Waals surface area (Å²) in [5.41, 5.74) is 0.496. The highest BCUT2D eigenvalue weighted by Gasteiger charge is 2.61. The van der Waals surface area contributed by atoms with Crippen molar-refractivity contribution in [1.82, 2.24) is 0 Å². The zero-order valence-electron chi connectivity index (χ0n) is 16.7. The average molecular weight is 727 g/mol. The van der Waals surface area contributed by atoms with Crippen molar-refractivity contribution in [1.29, 1.82) is 0 Å². The molecule has 0 fully saturated rings. The summed E-state index contributed by atoms with van der Waals surface area (Å²) in [6, 6.07) is 8.83. The number of esters is 2. The van der Waals surface area contributed by atoms with Gasteiger partial charge in [-0.15, -0.1) is 0 Å². The zero-order chi connectivity index (χ0) is 25.9. The molecule has 34 heavy (non-hydrogen) atoms. The Morgan fingerprint density at radius 1 is 1.06 bits per heavy atom. The Kier molecular flexibility index (Phi) is 9.09. The first-order valence-corrected chi connectivity index (χ1v) is 12.5. The van der Waals surface area contributed by atoms with Crippen LogP contribution in [0.3, 0.4) is 0 Å². The molecule has 0 amide bonds. The van der Waals surface area contributed by atoms with E-state index in [0.29, 0.717) is 3.57 Å². The molecule has 184 valence electrons. The summed E-state index contributed by atoms with van der Waals surface area (Å²) < 4.78 is 95.6. The lowest BCUT2D eigenvalue weighted by Crippen LogP contribution is -2.47. The first-order valence-electron chi connectivity index (χ1n) is 8.92. The van der Waals surface area contributed by atoms with E-state index in [1.54, 1.807) is 40.8 Å². The van der Waals surface area contributed by atoms with Gasteiger partial charge < -0.3 is 14.0 Å². The van der Waals surface area contributed by atoms with Gasteiger partial charge in [-0.05, 0) is 75.0 Å². The number of carbonyl (C=O) groups excluding carboxylic acids is 2. The van der Waals surface area contributed by atoms with Crippen LogP contribution in [0.1, 0.15) is 32.7 Å². The van der Waals surface area contributed by atoms with Crippen molar-refractivity contribution in [3.63, 3.8) is 0 Å². The van der Waals surface area contributed by atoms with Gasteiger partial charge in [-0.25, -0.2) is 18.0 Å². The standard InChI is InChI=1S/C20H14F4I2O7S/c1-2-11-3-5-12(6-4-11)17(27)33-16-14(9-13(25)10-15(16)26)18(28)32-8-7-19(21,22)20(23,24)34(29,30)31/h2-6,9-10H,1,7-8H2,(H,29,30,31)/p-1. The van der Waals surface area contributed by atoms with E-state index in [2.05, 4.69) is 11.3 Å². The van der Waals surface area contributed by atoms with E-state index in [0.717, 1.165) is 5.56 Å². The predicted molar refractivity (Wildman–Crippen MR) is 128 cm³/mol.